The molecule has 0 aliphatic carbocycles. The number of anilines is 1. The summed E-state index contributed by atoms with van der Waals surface area (Å²) in [7, 11) is 0. The van der Waals surface area contributed by atoms with Crippen LogP contribution >= 0.6 is 12.8 Å². The largest absolute Gasteiger partial charge is 0.366 e. The molecule has 0 unspecified atom stereocenters. The lowest BCUT2D eigenvalue weighted by molar-refractivity contribution is 1.31. The minimum absolute atomic E-state index is 0.0660. The molecule has 3 nitrogen and oxygen atoms in total. The zero-order valence-electron chi connectivity index (χ0n) is 4.59. The van der Waals surface area contributed by atoms with Gasteiger partial charge in [0, 0.05) is 18.5 Å². The maximum atomic E-state index is 10.7. The van der Waals surface area contributed by atoms with Gasteiger partial charge in [0.05, 0.1) is 0 Å². The first kappa shape index (κ1) is 6.22. The Balaban J connectivity index is 3.16. The second-order valence-electron chi connectivity index (χ2n) is 1.53. The van der Waals surface area contributed by atoms with Gasteiger partial charge in [-0.25, -0.2) is 0 Å². The number of pyridine rings is 1. The van der Waals surface area contributed by atoms with Crippen LogP contribution < -0.4 is 10.2 Å². The molecule has 1 aromatic heterocycles. The Kier molecular flexibility index (Phi) is 1.79. The molecular formula is C5H6N2OS. The fourth-order valence-electron chi connectivity index (χ4n) is 0.504. The normalized spacial score (nSPS) is 9.00. The Morgan fingerprint density at radius 1 is 1.67 bits per heavy atom. The summed E-state index contributed by atoms with van der Waals surface area (Å²) in [5.41, 5.74) is 0.393. The van der Waals surface area contributed by atoms with E-state index >= 15 is 0 Å². The number of rotatable bonds is 1. The summed E-state index contributed by atoms with van der Waals surface area (Å²) in [6.45, 7) is 0. The predicted octanol–water partition coefficient (Wildman–Crippen LogP) is 0.632. The van der Waals surface area contributed by atoms with Crippen molar-refractivity contribution < 1.29 is 0 Å². The number of thiol groups is 1. The second kappa shape index (κ2) is 2.59. The molecule has 1 rings (SSSR count). The summed E-state index contributed by atoms with van der Waals surface area (Å²) in [6, 6.07) is 1.43. The molecule has 2 N–H and O–H groups in total. The zero-order chi connectivity index (χ0) is 6.69. The minimum atomic E-state index is -0.0660. The van der Waals surface area contributed by atoms with Gasteiger partial charge in [0.1, 0.15) is 5.69 Å². The summed E-state index contributed by atoms with van der Waals surface area (Å²) in [5, 5.41) is 0. The Morgan fingerprint density at radius 3 is 2.89 bits per heavy atom. The quantitative estimate of drug-likeness (QED) is 0.504. The van der Waals surface area contributed by atoms with E-state index in [1.54, 1.807) is 12.4 Å². The van der Waals surface area contributed by atoms with Crippen molar-refractivity contribution in [2.45, 2.75) is 0 Å². The highest BCUT2D eigenvalue weighted by Crippen LogP contribution is 1.93. The van der Waals surface area contributed by atoms with Gasteiger partial charge in [-0.05, 0) is 0 Å². The first-order chi connectivity index (χ1) is 4.34. The molecule has 0 aliphatic rings. The van der Waals surface area contributed by atoms with E-state index in [0.717, 1.165) is 0 Å². The summed E-state index contributed by atoms with van der Waals surface area (Å²) < 4.78 is 2.45. The van der Waals surface area contributed by atoms with E-state index < -0.39 is 0 Å². The molecule has 0 radical (unpaired) electrons. The standard InChI is InChI=1S/C5H6N2OS/c8-5-1-2-6-3-4(5)7-9/h1-3,7,9H,(H,6,8). The molecule has 48 valence electrons. The topological polar surface area (TPSA) is 44.9 Å². The van der Waals surface area contributed by atoms with E-state index in [9.17, 15) is 4.79 Å². The lowest BCUT2D eigenvalue weighted by atomic mass is 10.4. The van der Waals surface area contributed by atoms with Gasteiger partial charge in [0.25, 0.3) is 0 Å². The first-order valence-electron chi connectivity index (χ1n) is 2.42. The number of aromatic nitrogens is 1. The molecule has 1 aromatic rings. The van der Waals surface area contributed by atoms with Crippen molar-refractivity contribution in [2.24, 2.45) is 0 Å². The number of hydrogen-bond acceptors (Lipinski definition) is 3. The van der Waals surface area contributed by atoms with Gasteiger partial charge in [-0.2, -0.15) is 0 Å². The maximum absolute atomic E-state index is 10.7. The summed E-state index contributed by atoms with van der Waals surface area (Å²) in [5.74, 6) is 0. The Bertz CT molecular complexity index is 245. The molecule has 0 aromatic carbocycles. The third-order valence-electron chi connectivity index (χ3n) is 0.945. The lowest BCUT2D eigenvalue weighted by Crippen LogP contribution is -2.02. The maximum Gasteiger partial charge on any atom is 0.205 e. The molecule has 1 heterocycles. The van der Waals surface area contributed by atoms with Crippen LogP contribution in [0.3, 0.4) is 0 Å². The van der Waals surface area contributed by atoms with Crippen molar-refractivity contribution in [1.29, 1.82) is 0 Å². The van der Waals surface area contributed by atoms with Crippen LogP contribution in [0.4, 0.5) is 5.69 Å². The number of nitrogens with one attached hydrogen (secondary N) is 2. The molecule has 0 fully saturated rings. The Morgan fingerprint density at radius 2 is 2.44 bits per heavy atom. The third kappa shape index (κ3) is 1.26. The predicted molar refractivity (Wildman–Crippen MR) is 39.7 cm³/mol. The van der Waals surface area contributed by atoms with Crippen LogP contribution in [-0.4, -0.2) is 4.98 Å². The fraction of sp³-hybridized carbons (Fsp3) is 0. The average molecular weight is 142 g/mol. The van der Waals surface area contributed by atoms with Crippen LogP contribution in [0.5, 0.6) is 0 Å². The fourth-order valence-corrected chi connectivity index (χ4v) is 0.678. The molecule has 0 aliphatic heterocycles. The molecule has 0 spiro atoms. The van der Waals surface area contributed by atoms with Crippen LogP contribution in [-0.2, 0) is 0 Å². The molecular weight excluding hydrogens is 136 g/mol. The van der Waals surface area contributed by atoms with Crippen molar-refractivity contribution in [1.82, 2.24) is 4.98 Å². The first-order valence-corrected chi connectivity index (χ1v) is 2.86. The van der Waals surface area contributed by atoms with Crippen LogP contribution in [0.15, 0.2) is 23.3 Å². The smallest absolute Gasteiger partial charge is 0.205 e. The molecule has 4 heteroatoms. The number of aromatic amines is 1. The average Bonchev–Trinajstić information content (AvgIpc) is 1.89. The summed E-state index contributed by atoms with van der Waals surface area (Å²) >= 11 is 3.71. The number of hydrogen-bond donors (Lipinski definition) is 3. The molecule has 0 atom stereocenters. The third-order valence-corrected chi connectivity index (χ3v) is 1.19. The van der Waals surface area contributed by atoms with E-state index in [-0.39, 0.29) is 5.43 Å². The van der Waals surface area contributed by atoms with Gasteiger partial charge in [-0.15, -0.1) is 0 Å². The Hall–Kier alpha value is -0.900. The van der Waals surface area contributed by atoms with Gasteiger partial charge in [0.15, 0.2) is 0 Å². The summed E-state index contributed by atoms with van der Waals surface area (Å²) in [4.78, 5) is 13.5. The second-order valence-corrected chi connectivity index (χ2v) is 1.76. The van der Waals surface area contributed by atoms with Gasteiger partial charge in [-0.3, -0.25) is 4.79 Å². The zero-order valence-corrected chi connectivity index (χ0v) is 5.48. The van der Waals surface area contributed by atoms with Crippen LogP contribution in [0.25, 0.3) is 0 Å². The number of H-pyrrole nitrogens is 1. The summed E-state index contributed by atoms with van der Waals surface area (Å²) in [6.07, 6.45) is 3.12. The molecule has 0 bridgehead atoms. The van der Waals surface area contributed by atoms with Gasteiger partial charge in [0.2, 0.25) is 5.43 Å². The highest BCUT2D eigenvalue weighted by Gasteiger charge is 1.89. The van der Waals surface area contributed by atoms with E-state index in [0.29, 0.717) is 5.69 Å². The van der Waals surface area contributed by atoms with E-state index in [2.05, 4.69) is 22.5 Å². The van der Waals surface area contributed by atoms with Gasteiger partial charge in [-0.1, -0.05) is 12.8 Å². The van der Waals surface area contributed by atoms with Gasteiger partial charge < -0.3 is 9.71 Å². The van der Waals surface area contributed by atoms with Crippen LogP contribution in [0, 0.1) is 0 Å². The molecule has 0 saturated heterocycles. The molecule has 9 heavy (non-hydrogen) atoms. The molecule has 0 amide bonds. The van der Waals surface area contributed by atoms with E-state index in [1.807, 2.05) is 0 Å². The highest BCUT2D eigenvalue weighted by molar-refractivity contribution is 7.81. The Labute approximate surface area is 57.7 Å². The molecule has 0 saturated carbocycles. The highest BCUT2D eigenvalue weighted by atomic mass is 32.1. The van der Waals surface area contributed by atoms with Crippen LogP contribution in [0.2, 0.25) is 0 Å². The lowest BCUT2D eigenvalue weighted by Gasteiger charge is -1.92. The van der Waals surface area contributed by atoms with Crippen LogP contribution in [0.1, 0.15) is 0 Å². The van der Waals surface area contributed by atoms with E-state index in [1.165, 1.54) is 6.07 Å². The van der Waals surface area contributed by atoms with Crippen molar-refractivity contribution in [3.05, 3.63) is 28.7 Å². The van der Waals surface area contributed by atoms with Crippen molar-refractivity contribution in [3.63, 3.8) is 0 Å². The van der Waals surface area contributed by atoms with Crippen molar-refractivity contribution in [3.8, 4) is 0 Å². The van der Waals surface area contributed by atoms with Crippen molar-refractivity contribution >= 4 is 18.5 Å². The van der Waals surface area contributed by atoms with Crippen molar-refractivity contribution in [2.75, 3.05) is 4.72 Å². The SMILES string of the molecule is O=c1cc[nH]cc1NS. The monoisotopic (exact) mass is 142 g/mol. The minimum Gasteiger partial charge on any atom is -0.366 e. The van der Waals surface area contributed by atoms with E-state index in [4.69, 9.17) is 0 Å². The van der Waals surface area contributed by atoms with Gasteiger partial charge >= 0.3 is 0 Å².